The smallest absolute Gasteiger partial charge is 0.200 e. The highest BCUT2D eigenvalue weighted by Gasteiger charge is 2.10. The zero-order chi connectivity index (χ0) is 18.7. The minimum Gasteiger partial charge on any atom is -0.504 e. The highest BCUT2D eigenvalue weighted by Crippen LogP contribution is 2.36. The topological polar surface area (TPSA) is 104 Å². The summed E-state index contributed by atoms with van der Waals surface area (Å²) in [4.78, 5) is 2.17. The molecule has 8 heteroatoms. The Morgan fingerprint density at radius 3 is 2.12 bits per heavy atom. The summed E-state index contributed by atoms with van der Waals surface area (Å²) in [6.07, 6.45) is 3.32. The van der Waals surface area contributed by atoms with Crippen molar-refractivity contribution in [1.82, 2.24) is 4.90 Å². The van der Waals surface area contributed by atoms with Crippen LogP contribution in [0, 0.1) is 0 Å². The molecule has 0 aromatic heterocycles. The number of benzene rings is 2. The highest BCUT2D eigenvalue weighted by atomic mass is 79.9. The van der Waals surface area contributed by atoms with E-state index in [1.807, 2.05) is 0 Å². The van der Waals surface area contributed by atoms with Gasteiger partial charge in [0.1, 0.15) is 4.99 Å². The Bertz CT molecular complexity index is 807. The number of likely N-dealkylation sites (N-methyl/N-ethyl adjacent to an activating group) is 1. The first kappa shape index (κ1) is 18.9. The summed E-state index contributed by atoms with van der Waals surface area (Å²) in [5.74, 6) is -1.86. The van der Waals surface area contributed by atoms with Crippen LogP contribution < -0.4 is 0 Å². The summed E-state index contributed by atoms with van der Waals surface area (Å²) < 4.78 is 0.362. The van der Waals surface area contributed by atoms with Crippen LogP contribution in [0.15, 0.2) is 34.8 Å². The third-order valence-electron chi connectivity index (χ3n) is 3.41. The fourth-order valence-electron chi connectivity index (χ4n) is 2.10. The first-order valence-electron chi connectivity index (χ1n) is 7.07. The lowest BCUT2D eigenvalue weighted by Gasteiger charge is -2.18. The highest BCUT2D eigenvalue weighted by molar-refractivity contribution is 9.10. The van der Waals surface area contributed by atoms with Crippen LogP contribution in [-0.2, 0) is 6.54 Å². The number of hydrogen-bond acceptors (Lipinski definition) is 6. The summed E-state index contributed by atoms with van der Waals surface area (Å²) in [5, 5.41) is 47.5. The van der Waals surface area contributed by atoms with Gasteiger partial charge in [-0.15, -0.1) is 0 Å². The van der Waals surface area contributed by atoms with Crippen LogP contribution in [0.2, 0.25) is 0 Å². The largest absolute Gasteiger partial charge is 0.504 e. The van der Waals surface area contributed by atoms with E-state index >= 15 is 0 Å². The lowest BCUT2D eigenvalue weighted by Crippen LogP contribution is -2.22. The molecule has 0 saturated carbocycles. The molecule has 0 bridgehead atoms. The van der Waals surface area contributed by atoms with Gasteiger partial charge in [-0.3, -0.25) is 0 Å². The van der Waals surface area contributed by atoms with Crippen molar-refractivity contribution in [2.24, 2.45) is 0 Å². The Kier molecular flexibility index (Phi) is 5.76. The Hall–Kier alpha value is -2.45. The van der Waals surface area contributed by atoms with Gasteiger partial charge in [0.15, 0.2) is 28.7 Å². The van der Waals surface area contributed by atoms with Crippen molar-refractivity contribution in [2.75, 3.05) is 7.05 Å². The molecule has 0 fully saturated rings. The number of hydrogen-bond donors (Lipinski definition) is 5. The van der Waals surface area contributed by atoms with Crippen molar-refractivity contribution in [3.05, 3.63) is 45.9 Å². The summed E-state index contributed by atoms with van der Waals surface area (Å²) >= 11 is 8.44. The van der Waals surface area contributed by atoms with E-state index in [9.17, 15) is 25.5 Å². The average Bonchev–Trinajstić information content (AvgIpc) is 2.55. The maximum Gasteiger partial charge on any atom is 0.200 e. The quantitative estimate of drug-likeness (QED) is 0.290. The Morgan fingerprint density at radius 2 is 1.56 bits per heavy atom. The summed E-state index contributed by atoms with van der Waals surface area (Å²) in [7, 11) is 1.73. The second kappa shape index (κ2) is 7.62. The molecule has 0 amide bonds. The van der Waals surface area contributed by atoms with Gasteiger partial charge < -0.3 is 30.4 Å². The van der Waals surface area contributed by atoms with Gasteiger partial charge in [0.2, 0.25) is 0 Å². The molecule has 0 atom stereocenters. The molecular weight excluding hydrogens is 410 g/mol. The minimum absolute atomic E-state index is 0.233. The van der Waals surface area contributed by atoms with E-state index in [1.165, 1.54) is 18.2 Å². The van der Waals surface area contributed by atoms with E-state index in [0.29, 0.717) is 27.1 Å². The second-order valence-electron chi connectivity index (χ2n) is 5.38. The molecule has 0 saturated heterocycles. The zero-order valence-electron chi connectivity index (χ0n) is 13.1. The molecule has 6 nitrogen and oxygen atoms in total. The maximum absolute atomic E-state index is 9.60. The standard InChI is InChI=1S/C17H16BrNO5S/c1-19(8-10-6-13(21)17(24)14(22)7-10)15(25)3-2-9-4-11(18)16(23)12(20)5-9/h2-7,20-24H,8H2,1H3/b3-2-. The Balaban J connectivity index is 2.10. The van der Waals surface area contributed by atoms with Gasteiger partial charge in [0.25, 0.3) is 0 Å². The monoisotopic (exact) mass is 425 g/mol. The summed E-state index contributed by atoms with van der Waals surface area (Å²) in [5.41, 5.74) is 1.20. The van der Waals surface area contributed by atoms with Crippen LogP contribution in [0.5, 0.6) is 28.7 Å². The number of halogens is 1. The average molecular weight is 426 g/mol. The number of thiocarbonyl (C=S) groups is 1. The first-order chi connectivity index (χ1) is 11.7. The minimum atomic E-state index is -0.563. The van der Waals surface area contributed by atoms with Crippen LogP contribution in [-0.4, -0.2) is 42.5 Å². The van der Waals surface area contributed by atoms with E-state index in [1.54, 1.807) is 30.2 Å². The van der Waals surface area contributed by atoms with Gasteiger partial charge in [0.05, 0.1) is 4.47 Å². The molecular formula is C17H16BrNO5S. The third kappa shape index (κ3) is 4.55. The lowest BCUT2D eigenvalue weighted by molar-refractivity contribution is 0.365. The molecule has 2 rings (SSSR count). The van der Waals surface area contributed by atoms with Crippen LogP contribution in [0.25, 0.3) is 6.08 Å². The van der Waals surface area contributed by atoms with Gasteiger partial charge >= 0.3 is 0 Å². The van der Waals surface area contributed by atoms with E-state index in [4.69, 9.17) is 12.2 Å². The normalized spacial score (nSPS) is 11.0. The predicted octanol–water partition coefficient (Wildman–Crippen LogP) is 3.45. The Morgan fingerprint density at radius 1 is 1.00 bits per heavy atom. The van der Waals surface area contributed by atoms with Crippen LogP contribution in [0.1, 0.15) is 11.1 Å². The third-order valence-corrected chi connectivity index (χ3v) is 4.46. The van der Waals surface area contributed by atoms with Crippen LogP contribution >= 0.6 is 28.1 Å². The molecule has 0 unspecified atom stereocenters. The number of rotatable bonds is 4. The maximum atomic E-state index is 9.60. The van der Waals surface area contributed by atoms with Crippen molar-refractivity contribution in [3.8, 4) is 28.7 Å². The van der Waals surface area contributed by atoms with Gasteiger partial charge in [0, 0.05) is 13.6 Å². The molecule has 2 aromatic carbocycles. The molecule has 0 aliphatic carbocycles. The van der Waals surface area contributed by atoms with Crippen molar-refractivity contribution in [1.29, 1.82) is 0 Å². The van der Waals surface area contributed by atoms with Gasteiger partial charge in [-0.2, -0.15) is 0 Å². The molecule has 0 heterocycles. The molecule has 5 N–H and O–H groups in total. The van der Waals surface area contributed by atoms with Crippen LogP contribution in [0.3, 0.4) is 0 Å². The van der Waals surface area contributed by atoms with Gasteiger partial charge in [-0.25, -0.2) is 0 Å². The number of nitrogens with zero attached hydrogens (tertiary/aromatic N) is 1. The number of phenols is 5. The Labute approximate surface area is 158 Å². The van der Waals surface area contributed by atoms with E-state index in [-0.39, 0.29) is 11.5 Å². The molecule has 0 radical (unpaired) electrons. The fraction of sp³-hybridized carbons (Fsp3) is 0.118. The van der Waals surface area contributed by atoms with Crippen molar-refractivity contribution < 1.29 is 25.5 Å². The number of phenolic OH excluding ortho intramolecular Hbond substituents is 5. The lowest BCUT2D eigenvalue weighted by atomic mass is 10.1. The number of aromatic hydroxyl groups is 5. The van der Waals surface area contributed by atoms with E-state index < -0.39 is 17.2 Å². The van der Waals surface area contributed by atoms with Gasteiger partial charge in [-0.1, -0.05) is 18.3 Å². The molecule has 0 aliphatic heterocycles. The summed E-state index contributed by atoms with van der Waals surface area (Å²) in [6.45, 7) is 0.301. The van der Waals surface area contributed by atoms with E-state index in [0.717, 1.165) is 0 Å². The predicted molar refractivity (Wildman–Crippen MR) is 102 cm³/mol. The zero-order valence-corrected chi connectivity index (χ0v) is 15.5. The molecule has 132 valence electrons. The first-order valence-corrected chi connectivity index (χ1v) is 8.27. The van der Waals surface area contributed by atoms with Crippen LogP contribution in [0.4, 0.5) is 0 Å². The van der Waals surface area contributed by atoms with Crippen molar-refractivity contribution in [2.45, 2.75) is 6.54 Å². The van der Waals surface area contributed by atoms with Gasteiger partial charge in [-0.05, 0) is 57.4 Å². The van der Waals surface area contributed by atoms with Crippen molar-refractivity contribution >= 4 is 39.2 Å². The fourth-order valence-corrected chi connectivity index (χ4v) is 2.70. The molecule has 0 spiro atoms. The SMILES string of the molecule is CN(Cc1cc(O)c(O)c(O)c1)C(=S)/C=C\c1cc(O)c(O)c(Br)c1. The molecule has 2 aromatic rings. The second-order valence-corrected chi connectivity index (χ2v) is 6.65. The van der Waals surface area contributed by atoms with E-state index in [2.05, 4.69) is 15.9 Å². The summed E-state index contributed by atoms with van der Waals surface area (Å²) in [6, 6.07) is 5.71. The van der Waals surface area contributed by atoms with Crippen molar-refractivity contribution in [3.63, 3.8) is 0 Å². The molecule has 0 aliphatic rings. The molecule has 25 heavy (non-hydrogen) atoms.